The Balaban J connectivity index is 1.43. The number of carbonyl (C=O) groups excluding carboxylic acids is 1. The minimum Gasteiger partial charge on any atom is -0.437 e. The lowest BCUT2D eigenvalue weighted by molar-refractivity contribution is -0.137. The van der Waals surface area contributed by atoms with E-state index < -0.39 is 17.6 Å². The minimum atomic E-state index is -4.52. The molecule has 0 saturated heterocycles. The molecule has 3 heterocycles. The number of halogens is 3. The number of aromatic nitrogens is 5. The van der Waals surface area contributed by atoms with Gasteiger partial charge >= 0.3 is 6.18 Å². The summed E-state index contributed by atoms with van der Waals surface area (Å²) >= 11 is 0. The standard InChI is InChI=1S/C25H17F3N6O2/c1-34-14-30-20-22(34)32-21(16-6-4-10-29-13-16)33-24(20)36-19-9-2-5-15(11-19)23(35)31-18-8-3-7-17(12-18)25(26,27)28/h2-14H,1H3,(H,31,35). The van der Waals surface area contributed by atoms with Crippen molar-refractivity contribution in [2.24, 2.45) is 7.05 Å². The number of amides is 1. The molecule has 36 heavy (non-hydrogen) atoms. The van der Waals surface area contributed by atoms with E-state index in [1.165, 1.54) is 24.3 Å². The summed E-state index contributed by atoms with van der Waals surface area (Å²) in [6.07, 6.45) is 0.329. The third-order valence-corrected chi connectivity index (χ3v) is 5.21. The summed E-state index contributed by atoms with van der Waals surface area (Å²) in [6, 6.07) is 14.2. The van der Waals surface area contributed by atoms with Gasteiger partial charge in [-0.15, -0.1) is 0 Å². The first kappa shape index (κ1) is 23.0. The van der Waals surface area contributed by atoms with Crippen molar-refractivity contribution in [3.63, 3.8) is 0 Å². The lowest BCUT2D eigenvalue weighted by Crippen LogP contribution is -2.13. The first-order chi connectivity index (χ1) is 17.3. The summed E-state index contributed by atoms with van der Waals surface area (Å²) in [4.78, 5) is 30.2. The summed E-state index contributed by atoms with van der Waals surface area (Å²) in [5.74, 6) is 0.249. The predicted octanol–water partition coefficient (Wildman–Crippen LogP) is 5.49. The van der Waals surface area contributed by atoms with Crippen molar-refractivity contribution in [3.05, 3.63) is 90.5 Å². The van der Waals surface area contributed by atoms with Crippen LogP contribution in [0.1, 0.15) is 15.9 Å². The minimum absolute atomic E-state index is 0.0215. The van der Waals surface area contributed by atoms with Gasteiger partial charge < -0.3 is 14.6 Å². The largest absolute Gasteiger partial charge is 0.437 e. The molecule has 3 aromatic heterocycles. The van der Waals surface area contributed by atoms with E-state index in [0.717, 1.165) is 12.1 Å². The normalized spacial score (nSPS) is 11.4. The highest BCUT2D eigenvalue weighted by Gasteiger charge is 2.30. The van der Waals surface area contributed by atoms with Crippen molar-refractivity contribution in [2.75, 3.05) is 5.32 Å². The molecular weight excluding hydrogens is 473 g/mol. The number of hydrogen-bond acceptors (Lipinski definition) is 6. The van der Waals surface area contributed by atoms with E-state index in [1.54, 1.807) is 48.5 Å². The number of pyridine rings is 1. The molecule has 0 saturated carbocycles. The van der Waals surface area contributed by atoms with E-state index in [4.69, 9.17) is 4.74 Å². The van der Waals surface area contributed by atoms with Gasteiger partial charge in [-0.3, -0.25) is 9.78 Å². The summed E-state index contributed by atoms with van der Waals surface area (Å²) in [5, 5.41) is 2.48. The van der Waals surface area contributed by atoms with Crippen LogP contribution in [0.5, 0.6) is 11.6 Å². The fourth-order valence-corrected chi connectivity index (χ4v) is 3.47. The molecule has 1 amide bonds. The van der Waals surface area contributed by atoms with Crippen molar-refractivity contribution >= 4 is 22.8 Å². The second kappa shape index (κ2) is 9.10. The molecule has 0 atom stereocenters. The van der Waals surface area contributed by atoms with Crippen molar-refractivity contribution in [3.8, 4) is 23.0 Å². The third-order valence-electron chi connectivity index (χ3n) is 5.21. The number of ether oxygens (including phenoxy) is 1. The number of rotatable bonds is 5. The third kappa shape index (κ3) is 4.71. The van der Waals surface area contributed by atoms with Gasteiger partial charge in [-0.05, 0) is 48.5 Å². The zero-order valence-electron chi connectivity index (χ0n) is 18.7. The van der Waals surface area contributed by atoms with Crippen LogP contribution in [-0.4, -0.2) is 30.4 Å². The van der Waals surface area contributed by atoms with Gasteiger partial charge in [0.15, 0.2) is 17.0 Å². The zero-order valence-corrected chi connectivity index (χ0v) is 18.7. The Morgan fingerprint density at radius 2 is 1.86 bits per heavy atom. The molecule has 0 aliphatic heterocycles. The molecule has 5 aromatic rings. The molecule has 0 fully saturated rings. The van der Waals surface area contributed by atoms with Crippen LogP contribution in [0.15, 0.2) is 79.4 Å². The van der Waals surface area contributed by atoms with E-state index in [2.05, 4.69) is 25.3 Å². The molecule has 0 bridgehead atoms. The number of alkyl halides is 3. The van der Waals surface area contributed by atoms with Gasteiger partial charge in [-0.1, -0.05) is 12.1 Å². The van der Waals surface area contributed by atoms with Crippen LogP contribution in [0, 0.1) is 0 Å². The number of carbonyl (C=O) groups is 1. The van der Waals surface area contributed by atoms with Crippen molar-refractivity contribution < 1.29 is 22.7 Å². The Morgan fingerprint density at radius 3 is 2.64 bits per heavy atom. The average Bonchev–Trinajstić information content (AvgIpc) is 3.25. The predicted molar refractivity (Wildman–Crippen MR) is 125 cm³/mol. The molecule has 5 rings (SSSR count). The number of benzene rings is 2. The van der Waals surface area contributed by atoms with Gasteiger partial charge in [-0.25, -0.2) is 9.97 Å². The zero-order chi connectivity index (χ0) is 25.3. The van der Waals surface area contributed by atoms with Crippen LogP contribution in [0.2, 0.25) is 0 Å². The summed E-state index contributed by atoms with van der Waals surface area (Å²) < 4.78 is 46.7. The first-order valence-corrected chi connectivity index (χ1v) is 10.6. The van der Waals surface area contributed by atoms with Crippen LogP contribution < -0.4 is 10.1 Å². The number of anilines is 1. The lowest BCUT2D eigenvalue weighted by atomic mass is 10.1. The molecule has 11 heteroatoms. The first-order valence-electron chi connectivity index (χ1n) is 10.6. The molecule has 0 aliphatic carbocycles. The lowest BCUT2D eigenvalue weighted by Gasteiger charge is -2.11. The molecule has 1 N–H and O–H groups in total. The fourth-order valence-electron chi connectivity index (χ4n) is 3.47. The summed E-state index contributed by atoms with van der Waals surface area (Å²) in [7, 11) is 1.79. The number of hydrogen-bond donors (Lipinski definition) is 1. The number of aryl methyl sites for hydroxylation is 1. The SMILES string of the molecule is Cn1cnc2c(Oc3cccc(C(=O)Nc4cccc(C(F)(F)F)c4)c3)nc(-c3cccnc3)nc21. The van der Waals surface area contributed by atoms with Crippen molar-refractivity contribution in [2.45, 2.75) is 6.18 Å². The highest BCUT2D eigenvalue weighted by atomic mass is 19.4. The Bertz CT molecular complexity index is 1570. The highest BCUT2D eigenvalue weighted by Crippen LogP contribution is 2.32. The van der Waals surface area contributed by atoms with Gasteiger partial charge in [0.25, 0.3) is 11.8 Å². The molecule has 8 nitrogen and oxygen atoms in total. The fraction of sp³-hybridized carbons (Fsp3) is 0.0800. The Kier molecular flexibility index (Phi) is 5.80. The molecule has 2 aromatic carbocycles. The van der Waals surface area contributed by atoms with Gasteiger partial charge in [0.1, 0.15) is 5.75 Å². The Labute approximate surface area is 202 Å². The molecule has 0 unspecified atom stereocenters. The molecule has 180 valence electrons. The topological polar surface area (TPSA) is 94.8 Å². The van der Waals surface area contributed by atoms with Gasteiger partial charge in [0.2, 0.25) is 0 Å². The Morgan fingerprint density at radius 1 is 1.03 bits per heavy atom. The summed E-state index contributed by atoms with van der Waals surface area (Å²) in [5.41, 5.74) is 0.989. The molecule has 0 radical (unpaired) electrons. The number of imidazole rings is 1. The quantitative estimate of drug-likeness (QED) is 0.350. The number of nitrogens with one attached hydrogen (secondary N) is 1. The van der Waals surface area contributed by atoms with Crippen LogP contribution in [-0.2, 0) is 13.2 Å². The van der Waals surface area contributed by atoms with Crippen molar-refractivity contribution in [1.82, 2.24) is 24.5 Å². The maximum Gasteiger partial charge on any atom is 0.416 e. The Hall–Kier alpha value is -4.80. The van der Waals surface area contributed by atoms with Crippen LogP contribution in [0.3, 0.4) is 0 Å². The van der Waals surface area contributed by atoms with Crippen LogP contribution in [0.25, 0.3) is 22.6 Å². The van der Waals surface area contributed by atoms with E-state index >= 15 is 0 Å². The second-order valence-electron chi connectivity index (χ2n) is 7.78. The van der Waals surface area contributed by atoms with E-state index in [9.17, 15) is 18.0 Å². The van der Waals surface area contributed by atoms with Crippen molar-refractivity contribution in [1.29, 1.82) is 0 Å². The average molecular weight is 490 g/mol. The maximum atomic E-state index is 13.0. The second-order valence-corrected chi connectivity index (χ2v) is 7.78. The summed E-state index contributed by atoms with van der Waals surface area (Å²) in [6.45, 7) is 0. The maximum absolute atomic E-state index is 13.0. The molecular formula is C25H17F3N6O2. The molecule has 0 spiro atoms. The number of nitrogens with zero attached hydrogens (tertiary/aromatic N) is 5. The highest BCUT2D eigenvalue weighted by molar-refractivity contribution is 6.04. The smallest absolute Gasteiger partial charge is 0.416 e. The van der Waals surface area contributed by atoms with Gasteiger partial charge in [0.05, 0.1) is 11.9 Å². The van der Waals surface area contributed by atoms with E-state index in [1.807, 2.05) is 6.07 Å². The van der Waals surface area contributed by atoms with Gasteiger partial charge in [0, 0.05) is 36.3 Å². The van der Waals surface area contributed by atoms with Crippen LogP contribution in [0.4, 0.5) is 18.9 Å². The van der Waals surface area contributed by atoms with Crippen LogP contribution >= 0.6 is 0 Å². The monoisotopic (exact) mass is 490 g/mol. The van der Waals surface area contributed by atoms with E-state index in [0.29, 0.717) is 22.6 Å². The van der Waals surface area contributed by atoms with E-state index in [-0.39, 0.29) is 22.9 Å². The van der Waals surface area contributed by atoms with Gasteiger partial charge in [-0.2, -0.15) is 18.2 Å². The number of fused-ring (bicyclic) bond motifs is 1. The molecule has 0 aliphatic rings.